The second-order valence-electron chi connectivity index (χ2n) is 5.64. The molecule has 0 unspecified atom stereocenters. The maximum Gasteiger partial charge on any atom is 0.265 e. The normalized spacial score (nSPS) is 11.1. The van der Waals surface area contributed by atoms with Gasteiger partial charge in [-0.2, -0.15) is 0 Å². The number of carbonyl (C=O) groups excluding carboxylic acids is 2. The van der Waals surface area contributed by atoms with Gasteiger partial charge >= 0.3 is 0 Å². The summed E-state index contributed by atoms with van der Waals surface area (Å²) in [6.45, 7) is 2.60. The molecular weight excluding hydrogens is 314 g/mol. The van der Waals surface area contributed by atoms with Crippen LogP contribution in [0.15, 0.2) is 60.7 Å². The lowest BCUT2D eigenvalue weighted by Gasteiger charge is -2.06. The third-order valence-electron chi connectivity index (χ3n) is 3.96. The van der Waals surface area contributed by atoms with E-state index < -0.39 is 5.91 Å². The van der Waals surface area contributed by atoms with Gasteiger partial charge in [-0.1, -0.05) is 30.3 Å². The van der Waals surface area contributed by atoms with Crippen LogP contribution < -0.4 is 11.1 Å². The van der Waals surface area contributed by atoms with E-state index in [0.717, 1.165) is 16.5 Å². The number of nitrogens with one attached hydrogen (secondary N) is 1. The smallest absolute Gasteiger partial charge is 0.265 e. The van der Waals surface area contributed by atoms with Crippen LogP contribution in [0.5, 0.6) is 0 Å². The van der Waals surface area contributed by atoms with Crippen LogP contribution in [0.25, 0.3) is 17.0 Å². The van der Waals surface area contributed by atoms with E-state index in [4.69, 9.17) is 5.73 Å². The fourth-order valence-corrected chi connectivity index (χ4v) is 2.81. The number of aromatic nitrogens is 1. The number of primary amides is 1. The fourth-order valence-electron chi connectivity index (χ4n) is 2.81. The second kappa shape index (κ2) is 7.05. The molecule has 1 aromatic heterocycles. The summed E-state index contributed by atoms with van der Waals surface area (Å²) in [5.41, 5.74) is 8.43. The molecule has 3 rings (SSSR count). The van der Waals surface area contributed by atoms with Crippen LogP contribution in [0.2, 0.25) is 0 Å². The summed E-state index contributed by atoms with van der Waals surface area (Å²) in [5, 5.41) is 3.69. The van der Waals surface area contributed by atoms with E-state index in [1.807, 2.05) is 60.0 Å². The van der Waals surface area contributed by atoms with E-state index in [9.17, 15) is 9.59 Å². The predicted molar refractivity (Wildman–Crippen MR) is 100 cm³/mol. The van der Waals surface area contributed by atoms with Crippen molar-refractivity contribution in [2.24, 2.45) is 5.73 Å². The molecule has 0 saturated heterocycles. The van der Waals surface area contributed by atoms with Crippen molar-refractivity contribution in [1.29, 1.82) is 0 Å². The van der Waals surface area contributed by atoms with Crippen LogP contribution in [-0.2, 0) is 11.3 Å². The minimum atomic E-state index is -0.463. The highest BCUT2D eigenvalue weighted by Gasteiger charge is 2.12. The highest BCUT2D eigenvalue weighted by molar-refractivity contribution is 6.04. The largest absolute Gasteiger partial charge is 0.364 e. The maximum absolute atomic E-state index is 12.1. The van der Waals surface area contributed by atoms with Crippen LogP contribution in [-0.4, -0.2) is 16.4 Å². The first kappa shape index (κ1) is 16.5. The summed E-state index contributed by atoms with van der Waals surface area (Å²) in [7, 11) is 0. The van der Waals surface area contributed by atoms with Crippen molar-refractivity contribution >= 4 is 34.5 Å². The van der Waals surface area contributed by atoms with Crippen LogP contribution in [0.4, 0.5) is 5.69 Å². The molecule has 0 saturated carbocycles. The molecule has 5 nitrogen and oxygen atoms in total. The Labute approximate surface area is 145 Å². The first-order valence-electron chi connectivity index (χ1n) is 8.05. The molecule has 0 atom stereocenters. The van der Waals surface area contributed by atoms with Crippen molar-refractivity contribution in [3.63, 3.8) is 0 Å². The maximum atomic E-state index is 12.1. The Bertz CT molecular complexity index is 956. The van der Waals surface area contributed by atoms with Gasteiger partial charge in [0.05, 0.1) is 0 Å². The third kappa shape index (κ3) is 3.61. The Hall–Kier alpha value is -3.34. The minimum Gasteiger partial charge on any atom is -0.364 e. The number of nitrogens with zero attached hydrogens (tertiary/aromatic N) is 1. The number of hydrogen-bond acceptors (Lipinski definition) is 2. The Kier molecular flexibility index (Phi) is 4.66. The lowest BCUT2D eigenvalue weighted by atomic mass is 10.2. The highest BCUT2D eigenvalue weighted by Crippen LogP contribution is 2.23. The summed E-state index contributed by atoms with van der Waals surface area (Å²) < 4.78 is 1.86. The van der Waals surface area contributed by atoms with Gasteiger partial charge in [0.25, 0.3) is 5.91 Å². The number of amides is 2. The fraction of sp³-hybridized carbons (Fsp3) is 0.100. The zero-order valence-electron chi connectivity index (χ0n) is 13.9. The molecule has 1 heterocycles. The lowest BCUT2D eigenvalue weighted by molar-refractivity contribution is -0.111. The van der Waals surface area contributed by atoms with E-state index in [1.54, 1.807) is 12.1 Å². The summed E-state index contributed by atoms with van der Waals surface area (Å²) in [5.74, 6) is -0.678. The standard InChI is InChI=1S/C20H19N3O2/c1-2-23-17-10-9-16(12-15(17)13-18(23)20(21)25)22-19(24)11-8-14-6-4-3-5-7-14/h3-13H,2H2,1H3,(H2,21,25)(H,22,24)/b11-8+. The van der Waals surface area contributed by atoms with Gasteiger partial charge in [-0.05, 0) is 42.8 Å². The molecule has 0 aliphatic carbocycles. The average Bonchev–Trinajstić information content (AvgIpc) is 2.99. The summed E-state index contributed by atoms with van der Waals surface area (Å²) >= 11 is 0. The van der Waals surface area contributed by atoms with E-state index in [0.29, 0.717) is 17.9 Å². The number of fused-ring (bicyclic) bond motifs is 1. The molecule has 3 N–H and O–H groups in total. The topological polar surface area (TPSA) is 77.1 Å². The van der Waals surface area contributed by atoms with Crippen LogP contribution in [0, 0.1) is 0 Å². The van der Waals surface area contributed by atoms with E-state index in [2.05, 4.69) is 5.32 Å². The number of rotatable bonds is 5. The number of nitrogens with two attached hydrogens (primary N) is 1. The summed E-state index contributed by atoms with van der Waals surface area (Å²) in [6, 6.07) is 16.9. The van der Waals surface area contributed by atoms with Gasteiger partial charge < -0.3 is 15.6 Å². The molecule has 0 aliphatic rings. The van der Waals surface area contributed by atoms with Crippen molar-refractivity contribution in [3.8, 4) is 0 Å². The molecule has 0 bridgehead atoms. The van der Waals surface area contributed by atoms with Crippen molar-refractivity contribution < 1.29 is 9.59 Å². The molecule has 126 valence electrons. The molecule has 2 amide bonds. The second-order valence-corrected chi connectivity index (χ2v) is 5.64. The molecule has 3 aromatic rings. The number of aryl methyl sites for hydroxylation is 1. The number of hydrogen-bond donors (Lipinski definition) is 2. The molecule has 5 heteroatoms. The first-order chi connectivity index (χ1) is 12.1. The number of carbonyl (C=O) groups is 2. The first-order valence-corrected chi connectivity index (χ1v) is 8.05. The quantitative estimate of drug-likeness (QED) is 0.702. The number of anilines is 1. The zero-order valence-corrected chi connectivity index (χ0v) is 13.9. The SMILES string of the molecule is CCn1c(C(N)=O)cc2cc(NC(=O)/C=C/c3ccccc3)ccc21. The molecule has 0 aliphatic heterocycles. The Morgan fingerprint density at radius 3 is 2.56 bits per heavy atom. The van der Waals surface area contributed by atoms with Crippen molar-refractivity contribution in [2.75, 3.05) is 5.32 Å². The molecule has 0 fully saturated rings. The van der Waals surface area contributed by atoms with Gasteiger partial charge in [-0.25, -0.2) is 0 Å². The van der Waals surface area contributed by atoms with Crippen LogP contribution >= 0.6 is 0 Å². The zero-order chi connectivity index (χ0) is 17.8. The average molecular weight is 333 g/mol. The van der Waals surface area contributed by atoms with Crippen molar-refractivity contribution in [2.45, 2.75) is 13.5 Å². The van der Waals surface area contributed by atoms with E-state index >= 15 is 0 Å². The van der Waals surface area contributed by atoms with Gasteiger partial charge in [0, 0.05) is 29.2 Å². The predicted octanol–water partition coefficient (Wildman–Crippen LogP) is 3.41. The monoisotopic (exact) mass is 333 g/mol. The van der Waals surface area contributed by atoms with Gasteiger partial charge in [0.1, 0.15) is 5.69 Å². The Morgan fingerprint density at radius 1 is 1.12 bits per heavy atom. The molecule has 0 spiro atoms. The molecule has 25 heavy (non-hydrogen) atoms. The molecule has 2 aromatic carbocycles. The molecular formula is C20H19N3O2. The van der Waals surface area contributed by atoms with Crippen molar-refractivity contribution in [3.05, 3.63) is 71.9 Å². The Balaban J connectivity index is 1.81. The van der Waals surface area contributed by atoms with Crippen LogP contribution in [0.3, 0.4) is 0 Å². The number of benzene rings is 2. The summed E-state index contributed by atoms with van der Waals surface area (Å²) in [6.07, 6.45) is 3.25. The third-order valence-corrected chi connectivity index (χ3v) is 3.96. The Morgan fingerprint density at radius 2 is 1.88 bits per heavy atom. The highest BCUT2D eigenvalue weighted by atomic mass is 16.1. The summed E-state index contributed by atoms with van der Waals surface area (Å²) in [4.78, 5) is 23.6. The van der Waals surface area contributed by atoms with Crippen molar-refractivity contribution in [1.82, 2.24) is 4.57 Å². The van der Waals surface area contributed by atoms with E-state index in [-0.39, 0.29) is 5.91 Å². The van der Waals surface area contributed by atoms with Gasteiger partial charge in [-0.3, -0.25) is 9.59 Å². The lowest BCUT2D eigenvalue weighted by Crippen LogP contribution is -2.16. The van der Waals surface area contributed by atoms with Gasteiger partial charge in [-0.15, -0.1) is 0 Å². The molecule has 0 radical (unpaired) electrons. The van der Waals surface area contributed by atoms with Gasteiger partial charge in [0.15, 0.2) is 0 Å². The minimum absolute atomic E-state index is 0.215. The van der Waals surface area contributed by atoms with E-state index in [1.165, 1.54) is 6.08 Å². The van der Waals surface area contributed by atoms with Gasteiger partial charge in [0.2, 0.25) is 5.91 Å². The van der Waals surface area contributed by atoms with Crippen LogP contribution in [0.1, 0.15) is 23.0 Å².